The largest absolute Gasteiger partial charge is 1.00 e. The van der Waals surface area contributed by atoms with E-state index < -0.39 is 5.09 Å². The molecule has 1 N–H and O–H groups in total. The number of aromatic hydroxyl groups is 1. The number of ketones is 1. The molecule has 0 amide bonds. The van der Waals surface area contributed by atoms with Crippen LogP contribution in [0.25, 0.3) is 0 Å². The predicted octanol–water partition coefficient (Wildman–Crippen LogP) is 2.16. The van der Waals surface area contributed by atoms with E-state index in [0.29, 0.717) is 28.6 Å². The van der Waals surface area contributed by atoms with Crippen LogP contribution in [-0.2, 0) is 19.8 Å². The summed E-state index contributed by atoms with van der Waals surface area (Å²) in [4.78, 5) is 40.5. The molecule has 3 saturated carbocycles. The summed E-state index contributed by atoms with van der Waals surface area (Å²) in [6, 6.07) is 3.66. The number of fused-ring (bicyclic) bond motifs is 2. The molecule has 220 valence electrons. The lowest BCUT2D eigenvalue weighted by Crippen LogP contribution is -3.00. The Morgan fingerprint density at radius 2 is 1.82 bits per heavy atom. The van der Waals surface area contributed by atoms with Crippen LogP contribution >= 0.6 is 0 Å². The van der Waals surface area contributed by atoms with E-state index in [9.17, 15) is 24.8 Å². The van der Waals surface area contributed by atoms with Gasteiger partial charge in [0.1, 0.15) is 17.3 Å². The number of carbonyl (C=O) groups excluding carboxylic acids is 2. The van der Waals surface area contributed by atoms with Gasteiger partial charge < -0.3 is 43.1 Å². The first-order valence-electron chi connectivity index (χ1n) is 13.7. The van der Waals surface area contributed by atoms with Crippen LogP contribution in [0.15, 0.2) is 12.1 Å². The van der Waals surface area contributed by atoms with Crippen LogP contribution in [0.1, 0.15) is 89.7 Å². The Labute approximate surface area is 249 Å². The average molecular weight is 661 g/mol. The van der Waals surface area contributed by atoms with Crippen molar-refractivity contribution in [3.05, 3.63) is 33.4 Å². The summed E-state index contributed by atoms with van der Waals surface area (Å²) in [5.74, 6) is 0.413. The highest BCUT2D eigenvalue weighted by Gasteiger charge is 2.59. The summed E-state index contributed by atoms with van der Waals surface area (Å²) >= 11 is 0. The third-order valence-corrected chi connectivity index (χ3v) is 8.63. The van der Waals surface area contributed by atoms with Crippen molar-refractivity contribution in [2.75, 3.05) is 34.3 Å². The van der Waals surface area contributed by atoms with Gasteiger partial charge in [0, 0.05) is 23.8 Å². The average Bonchev–Trinajstić information content (AvgIpc) is 2.75. The first kappa shape index (κ1) is 33.3. The van der Waals surface area contributed by atoms with Gasteiger partial charge in [0.15, 0.2) is 6.54 Å². The molecule has 4 rings (SSSR count). The zero-order valence-corrected chi connectivity index (χ0v) is 26.6. The van der Waals surface area contributed by atoms with E-state index in [1.165, 1.54) is 0 Å². The summed E-state index contributed by atoms with van der Waals surface area (Å²) in [6.07, 6.45) is 5.25. The minimum atomic E-state index is -0.766. The number of quaternary nitrogens is 1. The normalized spacial score (nSPS) is 21.9. The summed E-state index contributed by atoms with van der Waals surface area (Å²) < 4.78 is 6.37. The Hall–Kier alpha value is -1.95. The number of hydrogen-bond acceptors (Lipinski definition) is 7. The van der Waals surface area contributed by atoms with Crippen molar-refractivity contribution < 1.29 is 57.8 Å². The zero-order valence-electron chi connectivity index (χ0n) is 24.4. The van der Waals surface area contributed by atoms with E-state index >= 15 is 0 Å². The molecular weight excluding hydrogens is 615 g/mol. The van der Waals surface area contributed by atoms with Gasteiger partial charge in [-0.15, -0.1) is 10.1 Å². The molecule has 0 heterocycles. The van der Waals surface area contributed by atoms with Gasteiger partial charge in [-0.2, -0.15) is 0 Å². The van der Waals surface area contributed by atoms with E-state index in [1.807, 2.05) is 27.2 Å². The number of phenolic OH excluding ortho intramolecular Hbond substituents is 1. The molecule has 3 atom stereocenters. The number of phenols is 1. The SMILES string of the molecule is CC(C)(CCCCCCO[N+](=O)[O-])c1cc(O)c([C@H]2CC(=O)[C@@H]3C[C@@H]2C3(C)C)c(OC(=O)C[N+](C)(C)C)c1.[I-]. The summed E-state index contributed by atoms with van der Waals surface area (Å²) in [6.45, 7) is 8.72. The Kier molecular flexibility index (Phi) is 10.8. The maximum Gasteiger partial charge on any atom is 0.367 e. The van der Waals surface area contributed by atoms with Gasteiger partial charge in [0.05, 0.1) is 27.7 Å². The van der Waals surface area contributed by atoms with Gasteiger partial charge in [-0.1, -0.05) is 47.0 Å². The molecule has 3 aliphatic rings. The van der Waals surface area contributed by atoms with Gasteiger partial charge in [-0.3, -0.25) is 4.79 Å². The second-order valence-corrected chi connectivity index (χ2v) is 13.4. The van der Waals surface area contributed by atoms with Crippen molar-refractivity contribution in [3.63, 3.8) is 0 Å². The fraction of sp³-hybridized carbons (Fsp3) is 0.724. The van der Waals surface area contributed by atoms with Crippen LogP contribution < -0.4 is 28.7 Å². The molecule has 0 unspecified atom stereocenters. The molecule has 1 aromatic carbocycles. The molecule has 9 nitrogen and oxygen atoms in total. The van der Waals surface area contributed by atoms with E-state index in [2.05, 4.69) is 32.5 Å². The number of esters is 1. The Morgan fingerprint density at radius 1 is 1.18 bits per heavy atom. The first-order chi connectivity index (χ1) is 17.5. The topological polar surface area (TPSA) is 116 Å². The highest BCUT2D eigenvalue weighted by atomic mass is 127. The number of Topliss-reactive ketones (excluding diaryl/α,β-unsaturated/α-hetero) is 1. The maximum atomic E-state index is 12.9. The lowest BCUT2D eigenvalue weighted by molar-refractivity contribution is -0.862. The molecule has 0 radical (unpaired) electrons. The second-order valence-electron chi connectivity index (χ2n) is 13.4. The third-order valence-electron chi connectivity index (χ3n) is 8.63. The highest BCUT2D eigenvalue weighted by molar-refractivity contribution is 5.86. The Morgan fingerprint density at radius 3 is 2.38 bits per heavy atom. The Bertz CT molecular complexity index is 1060. The molecule has 39 heavy (non-hydrogen) atoms. The van der Waals surface area contributed by atoms with Gasteiger partial charge in [0.25, 0.3) is 5.09 Å². The standard InChI is InChI=1S/C29H44N2O7.HI/c1-28(2,12-10-8-9-11-13-37-30(35)36)19-14-24(33)27(25(15-19)38-26(34)18-31(5,6)7)20-16-23(32)22-17-21(20)29(22,3)4;/h14-15,20-22H,8-13,16-18H2,1-7H3;1H/t20-,21-,22-;/m0./s1. The molecule has 1 aromatic rings. The zero-order chi connectivity index (χ0) is 28.5. The molecule has 3 aliphatic carbocycles. The molecule has 0 saturated heterocycles. The lowest BCUT2D eigenvalue weighted by Gasteiger charge is -2.59. The molecule has 0 spiro atoms. The van der Waals surface area contributed by atoms with Crippen molar-refractivity contribution in [1.29, 1.82) is 0 Å². The van der Waals surface area contributed by atoms with Crippen molar-refractivity contribution in [2.24, 2.45) is 17.3 Å². The number of carbonyl (C=O) groups is 2. The molecule has 3 fully saturated rings. The highest BCUT2D eigenvalue weighted by Crippen LogP contribution is 2.64. The van der Waals surface area contributed by atoms with Crippen LogP contribution in [0.2, 0.25) is 0 Å². The van der Waals surface area contributed by atoms with E-state index in [4.69, 9.17) is 4.74 Å². The molecule has 0 aliphatic heterocycles. The first-order valence-corrected chi connectivity index (χ1v) is 13.7. The third kappa shape index (κ3) is 8.05. The number of halogens is 1. The van der Waals surface area contributed by atoms with Crippen molar-refractivity contribution in [1.82, 2.24) is 0 Å². The van der Waals surface area contributed by atoms with Gasteiger partial charge in [-0.05, 0) is 53.7 Å². The monoisotopic (exact) mass is 660 g/mol. The van der Waals surface area contributed by atoms with Crippen molar-refractivity contribution >= 4 is 11.8 Å². The van der Waals surface area contributed by atoms with E-state index in [-0.39, 0.29) is 83.2 Å². The van der Waals surface area contributed by atoms with Gasteiger partial charge in [-0.25, -0.2) is 4.79 Å². The minimum Gasteiger partial charge on any atom is -1.00 e. The number of likely N-dealkylation sites (N-methyl/N-ethyl adjacent to an activating group) is 1. The number of hydrogen-bond donors (Lipinski definition) is 1. The van der Waals surface area contributed by atoms with Gasteiger partial charge >= 0.3 is 5.97 Å². The van der Waals surface area contributed by atoms with Crippen molar-refractivity contribution in [2.45, 2.75) is 84.0 Å². The quantitative estimate of drug-likeness (QED) is 0.0656. The predicted molar refractivity (Wildman–Crippen MR) is 143 cm³/mol. The molecule has 0 aromatic heterocycles. The number of benzene rings is 1. The fourth-order valence-corrected chi connectivity index (χ4v) is 6.30. The number of nitrogens with zero attached hydrogens (tertiary/aromatic N) is 2. The maximum absolute atomic E-state index is 12.9. The van der Waals surface area contributed by atoms with Crippen molar-refractivity contribution in [3.8, 4) is 11.5 Å². The summed E-state index contributed by atoms with van der Waals surface area (Å²) in [5, 5.41) is 20.9. The van der Waals surface area contributed by atoms with Crippen LogP contribution in [-0.4, -0.2) is 60.7 Å². The number of ether oxygens (including phenoxy) is 1. The van der Waals surface area contributed by atoms with E-state index in [1.54, 1.807) is 6.07 Å². The molecule has 10 heteroatoms. The minimum absolute atomic E-state index is 0. The van der Waals surface area contributed by atoms with Crippen LogP contribution in [0, 0.1) is 27.4 Å². The number of unbranched alkanes of at least 4 members (excludes halogenated alkanes) is 3. The van der Waals surface area contributed by atoms with Crippen LogP contribution in [0.3, 0.4) is 0 Å². The van der Waals surface area contributed by atoms with Gasteiger partial charge in [0.2, 0.25) is 0 Å². The summed E-state index contributed by atoms with van der Waals surface area (Å²) in [7, 11) is 5.75. The van der Waals surface area contributed by atoms with Crippen LogP contribution in [0.5, 0.6) is 11.5 Å². The smallest absolute Gasteiger partial charge is 0.367 e. The molecular formula is C29H45IN2O7. The second kappa shape index (κ2) is 12.7. The molecule has 2 bridgehead atoms. The van der Waals surface area contributed by atoms with Crippen LogP contribution in [0.4, 0.5) is 0 Å². The van der Waals surface area contributed by atoms with E-state index in [0.717, 1.165) is 37.7 Å². The fourth-order valence-electron chi connectivity index (χ4n) is 6.30. The Balaban J connectivity index is 0.00000533. The summed E-state index contributed by atoms with van der Waals surface area (Å²) in [5.41, 5.74) is 1.00. The lowest BCUT2D eigenvalue weighted by atomic mass is 9.44. The number of rotatable bonds is 13.